The van der Waals surface area contributed by atoms with Gasteiger partial charge in [0.25, 0.3) is 0 Å². The van der Waals surface area contributed by atoms with Crippen molar-refractivity contribution in [1.29, 1.82) is 5.26 Å². The fourth-order valence-corrected chi connectivity index (χ4v) is 2.04. The summed E-state index contributed by atoms with van der Waals surface area (Å²) in [4.78, 5) is 0. The zero-order chi connectivity index (χ0) is 11.8. The van der Waals surface area contributed by atoms with E-state index in [0.29, 0.717) is 0 Å². The summed E-state index contributed by atoms with van der Waals surface area (Å²) in [6.45, 7) is 2.20. The van der Waals surface area contributed by atoms with E-state index < -0.39 is 0 Å². The molecule has 0 radical (unpaired) electrons. The highest BCUT2D eigenvalue weighted by Crippen LogP contribution is 2.23. The van der Waals surface area contributed by atoms with Gasteiger partial charge in [0.15, 0.2) is 0 Å². The third kappa shape index (κ3) is 4.37. The van der Waals surface area contributed by atoms with Crippen molar-refractivity contribution >= 4 is 15.9 Å². The average molecular weight is 280 g/mol. The lowest BCUT2D eigenvalue weighted by atomic mass is 9.94. The molecule has 0 amide bonds. The molecule has 1 aromatic rings. The summed E-state index contributed by atoms with van der Waals surface area (Å²) >= 11 is 3.41. The molecule has 0 unspecified atom stereocenters. The molecule has 1 nitrogen and oxygen atoms in total. The number of halogens is 1. The van der Waals surface area contributed by atoms with Gasteiger partial charge in [-0.05, 0) is 24.1 Å². The standard InChI is InChI=1S/C14H18BrN/c1-2-3-4-5-6-13(11-16)12-7-9-14(15)10-8-12/h7-10,13H,2-6H2,1H3/t13-/m0/s1. The van der Waals surface area contributed by atoms with Gasteiger partial charge in [-0.2, -0.15) is 5.26 Å². The molecular formula is C14H18BrN. The van der Waals surface area contributed by atoms with Gasteiger partial charge in [-0.3, -0.25) is 0 Å². The first kappa shape index (κ1) is 13.3. The Bertz CT molecular complexity index is 337. The molecule has 0 saturated carbocycles. The fourth-order valence-electron chi connectivity index (χ4n) is 1.78. The van der Waals surface area contributed by atoms with E-state index in [2.05, 4.69) is 28.9 Å². The molecule has 86 valence electrons. The Morgan fingerprint density at radius 3 is 2.44 bits per heavy atom. The van der Waals surface area contributed by atoms with Crippen LogP contribution in [0.25, 0.3) is 0 Å². The van der Waals surface area contributed by atoms with Crippen LogP contribution < -0.4 is 0 Å². The van der Waals surface area contributed by atoms with E-state index in [0.717, 1.165) is 22.9 Å². The zero-order valence-corrected chi connectivity index (χ0v) is 11.3. The first-order valence-electron chi connectivity index (χ1n) is 5.93. The predicted octanol–water partition coefficient (Wildman–Crippen LogP) is 5.03. The van der Waals surface area contributed by atoms with Crippen molar-refractivity contribution in [3.05, 3.63) is 34.3 Å². The highest BCUT2D eigenvalue weighted by molar-refractivity contribution is 9.10. The van der Waals surface area contributed by atoms with Crippen LogP contribution in [0.5, 0.6) is 0 Å². The number of hydrogen-bond donors (Lipinski definition) is 0. The monoisotopic (exact) mass is 279 g/mol. The molecule has 0 fully saturated rings. The lowest BCUT2D eigenvalue weighted by Crippen LogP contribution is -1.95. The topological polar surface area (TPSA) is 23.8 Å². The molecule has 0 aromatic heterocycles. The molecule has 0 N–H and O–H groups in total. The molecule has 0 saturated heterocycles. The summed E-state index contributed by atoms with van der Waals surface area (Å²) in [5.74, 6) is 0.0601. The first-order chi connectivity index (χ1) is 7.77. The quantitative estimate of drug-likeness (QED) is 0.671. The van der Waals surface area contributed by atoms with Gasteiger partial charge in [-0.25, -0.2) is 0 Å². The average Bonchev–Trinajstić information content (AvgIpc) is 2.31. The molecule has 0 bridgehead atoms. The van der Waals surface area contributed by atoms with Crippen molar-refractivity contribution in [1.82, 2.24) is 0 Å². The second-order valence-electron chi connectivity index (χ2n) is 4.08. The van der Waals surface area contributed by atoms with E-state index in [1.54, 1.807) is 0 Å². The summed E-state index contributed by atoms with van der Waals surface area (Å²) in [7, 11) is 0. The summed E-state index contributed by atoms with van der Waals surface area (Å²) in [5.41, 5.74) is 1.14. The van der Waals surface area contributed by atoms with Crippen LogP contribution in [0.2, 0.25) is 0 Å². The van der Waals surface area contributed by atoms with Gasteiger partial charge < -0.3 is 0 Å². The molecule has 0 aliphatic heterocycles. The number of unbranched alkanes of at least 4 members (excludes halogenated alkanes) is 3. The maximum absolute atomic E-state index is 9.14. The summed E-state index contributed by atoms with van der Waals surface area (Å²) in [5, 5.41) is 9.14. The molecule has 0 aliphatic rings. The minimum absolute atomic E-state index is 0.0601. The van der Waals surface area contributed by atoms with Gasteiger partial charge in [0.05, 0.1) is 12.0 Å². The second kappa shape index (κ2) is 7.46. The highest BCUT2D eigenvalue weighted by Gasteiger charge is 2.09. The Morgan fingerprint density at radius 1 is 1.19 bits per heavy atom. The van der Waals surface area contributed by atoms with E-state index in [1.807, 2.05) is 24.3 Å². The van der Waals surface area contributed by atoms with Crippen LogP contribution >= 0.6 is 15.9 Å². The lowest BCUT2D eigenvalue weighted by Gasteiger charge is -2.09. The second-order valence-corrected chi connectivity index (χ2v) is 5.00. The van der Waals surface area contributed by atoms with Gasteiger partial charge in [0, 0.05) is 4.47 Å². The molecular weight excluding hydrogens is 262 g/mol. The largest absolute Gasteiger partial charge is 0.198 e. The number of nitriles is 1. The molecule has 0 heterocycles. The Morgan fingerprint density at radius 2 is 1.88 bits per heavy atom. The lowest BCUT2D eigenvalue weighted by molar-refractivity contribution is 0.608. The third-order valence-electron chi connectivity index (χ3n) is 2.77. The molecule has 1 atom stereocenters. The Hall–Kier alpha value is -0.810. The predicted molar refractivity (Wildman–Crippen MR) is 71.3 cm³/mol. The number of rotatable bonds is 6. The maximum Gasteiger partial charge on any atom is 0.0712 e. The van der Waals surface area contributed by atoms with E-state index in [9.17, 15) is 0 Å². The summed E-state index contributed by atoms with van der Waals surface area (Å²) in [6.07, 6.45) is 5.90. The molecule has 16 heavy (non-hydrogen) atoms. The van der Waals surface area contributed by atoms with Crippen LogP contribution in [-0.2, 0) is 0 Å². The van der Waals surface area contributed by atoms with Crippen LogP contribution in [0.3, 0.4) is 0 Å². The van der Waals surface area contributed by atoms with Crippen molar-refractivity contribution < 1.29 is 0 Å². The normalized spacial score (nSPS) is 12.1. The van der Waals surface area contributed by atoms with Crippen LogP contribution in [0.1, 0.15) is 50.5 Å². The van der Waals surface area contributed by atoms with Crippen molar-refractivity contribution in [3.8, 4) is 6.07 Å². The summed E-state index contributed by atoms with van der Waals surface area (Å²) < 4.78 is 1.07. The van der Waals surface area contributed by atoms with Crippen molar-refractivity contribution in [2.45, 2.75) is 44.9 Å². The highest BCUT2D eigenvalue weighted by atomic mass is 79.9. The van der Waals surface area contributed by atoms with Crippen LogP contribution in [0.15, 0.2) is 28.7 Å². The van der Waals surface area contributed by atoms with Crippen molar-refractivity contribution in [2.75, 3.05) is 0 Å². The van der Waals surface area contributed by atoms with E-state index in [4.69, 9.17) is 5.26 Å². The zero-order valence-electron chi connectivity index (χ0n) is 9.75. The minimum atomic E-state index is 0.0601. The van der Waals surface area contributed by atoms with E-state index in [1.165, 1.54) is 19.3 Å². The maximum atomic E-state index is 9.14. The Kier molecular flexibility index (Phi) is 6.18. The van der Waals surface area contributed by atoms with Gasteiger partial charge in [0.1, 0.15) is 0 Å². The number of benzene rings is 1. The molecule has 1 aromatic carbocycles. The Labute approximate surface area is 107 Å². The summed E-state index contributed by atoms with van der Waals surface area (Å²) in [6, 6.07) is 10.5. The number of nitrogens with zero attached hydrogens (tertiary/aromatic N) is 1. The fraction of sp³-hybridized carbons (Fsp3) is 0.500. The molecule has 0 spiro atoms. The smallest absolute Gasteiger partial charge is 0.0712 e. The third-order valence-corrected chi connectivity index (χ3v) is 3.30. The van der Waals surface area contributed by atoms with Crippen molar-refractivity contribution in [3.63, 3.8) is 0 Å². The SMILES string of the molecule is CCCCCC[C@@H](C#N)c1ccc(Br)cc1. The number of hydrogen-bond acceptors (Lipinski definition) is 1. The first-order valence-corrected chi connectivity index (χ1v) is 6.72. The van der Waals surface area contributed by atoms with Crippen LogP contribution in [0, 0.1) is 11.3 Å². The van der Waals surface area contributed by atoms with Gasteiger partial charge in [0.2, 0.25) is 0 Å². The molecule has 0 aliphatic carbocycles. The minimum Gasteiger partial charge on any atom is -0.198 e. The molecule has 2 heteroatoms. The molecule has 1 rings (SSSR count). The van der Waals surface area contributed by atoms with Gasteiger partial charge in [-0.1, -0.05) is 60.7 Å². The van der Waals surface area contributed by atoms with Crippen molar-refractivity contribution in [2.24, 2.45) is 0 Å². The van der Waals surface area contributed by atoms with Gasteiger partial charge >= 0.3 is 0 Å². The van der Waals surface area contributed by atoms with Crippen LogP contribution in [-0.4, -0.2) is 0 Å². The van der Waals surface area contributed by atoms with Gasteiger partial charge in [-0.15, -0.1) is 0 Å². The van der Waals surface area contributed by atoms with Crippen LogP contribution in [0.4, 0.5) is 0 Å². The Balaban J connectivity index is 2.48. The van der Waals surface area contributed by atoms with E-state index in [-0.39, 0.29) is 5.92 Å². The van der Waals surface area contributed by atoms with E-state index >= 15 is 0 Å².